The fraction of sp³-hybridized carbons (Fsp3) is 0.154. The molecule has 0 saturated heterocycles. The highest BCUT2D eigenvalue weighted by molar-refractivity contribution is 5.90. The van der Waals surface area contributed by atoms with Crippen LogP contribution in [0.25, 0.3) is 11.3 Å². The highest BCUT2D eigenvalue weighted by Gasteiger charge is 2.13. The molecule has 0 saturated carbocycles. The van der Waals surface area contributed by atoms with E-state index >= 15 is 0 Å². The minimum Gasteiger partial charge on any atom is -0.465 e. The number of carbonyl (C=O) groups is 1. The van der Waals surface area contributed by atoms with Gasteiger partial charge in [0.25, 0.3) is 0 Å². The number of rotatable bonds is 2. The fourth-order valence-corrected chi connectivity index (χ4v) is 1.55. The zero-order valence-electron chi connectivity index (χ0n) is 9.98. The average Bonchev–Trinajstić information content (AvgIpc) is 2.37. The monoisotopic (exact) mass is 246 g/mol. The summed E-state index contributed by atoms with van der Waals surface area (Å²) in [6.07, 6.45) is 3.16. The summed E-state index contributed by atoms with van der Waals surface area (Å²) in [5.74, 6) is -1.34. The first kappa shape index (κ1) is 12.2. The molecule has 5 heteroatoms. The van der Waals surface area contributed by atoms with Gasteiger partial charge in [0.1, 0.15) is 5.82 Å². The number of methoxy groups -OCH3 is 1. The Morgan fingerprint density at radius 2 is 2.11 bits per heavy atom. The minimum atomic E-state index is -0.700. The number of hydrogen-bond donors (Lipinski definition) is 0. The molecule has 1 aromatic carbocycles. The van der Waals surface area contributed by atoms with E-state index in [1.54, 1.807) is 25.4 Å². The quantitative estimate of drug-likeness (QED) is 0.763. The Kier molecular flexibility index (Phi) is 3.32. The second-order valence-electron chi connectivity index (χ2n) is 3.73. The van der Waals surface area contributed by atoms with Gasteiger partial charge in [0, 0.05) is 11.8 Å². The van der Waals surface area contributed by atoms with Gasteiger partial charge < -0.3 is 4.74 Å². The van der Waals surface area contributed by atoms with Crippen LogP contribution in [-0.2, 0) is 4.74 Å². The van der Waals surface area contributed by atoms with Crippen LogP contribution in [0.2, 0.25) is 0 Å². The lowest BCUT2D eigenvalue weighted by Crippen LogP contribution is -2.04. The van der Waals surface area contributed by atoms with Crippen molar-refractivity contribution in [3.8, 4) is 11.3 Å². The van der Waals surface area contributed by atoms with Crippen molar-refractivity contribution < 1.29 is 13.9 Å². The molecule has 0 aliphatic heterocycles. The number of benzene rings is 1. The van der Waals surface area contributed by atoms with E-state index in [0.717, 1.165) is 5.69 Å². The Morgan fingerprint density at radius 3 is 2.72 bits per heavy atom. The maximum atomic E-state index is 13.7. The van der Waals surface area contributed by atoms with Crippen LogP contribution in [-0.4, -0.2) is 23.0 Å². The SMILES string of the molecule is COC(=O)c1ccc(-c2cncc(C)n2)cc1F. The highest BCUT2D eigenvalue weighted by Crippen LogP contribution is 2.20. The molecule has 1 heterocycles. The van der Waals surface area contributed by atoms with E-state index in [-0.39, 0.29) is 5.56 Å². The predicted molar refractivity (Wildman–Crippen MR) is 63.5 cm³/mol. The van der Waals surface area contributed by atoms with Gasteiger partial charge in [0.2, 0.25) is 0 Å². The summed E-state index contributed by atoms with van der Waals surface area (Å²) in [7, 11) is 1.21. The predicted octanol–water partition coefficient (Wildman–Crippen LogP) is 2.38. The molecule has 0 atom stereocenters. The smallest absolute Gasteiger partial charge is 0.340 e. The molecule has 18 heavy (non-hydrogen) atoms. The van der Waals surface area contributed by atoms with Crippen LogP contribution in [0, 0.1) is 12.7 Å². The maximum Gasteiger partial charge on any atom is 0.340 e. The Balaban J connectivity index is 2.43. The highest BCUT2D eigenvalue weighted by atomic mass is 19.1. The van der Waals surface area contributed by atoms with Crippen molar-refractivity contribution in [2.75, 3.05) is 7.11 Å². The zero-order chi connectivity index (χ0) is 13.1. The molecule has 4 nitrogen and oxygen atoms in total. The van der Waals surface area contributed by atoms with Crippen LogP contribution in [0.15, 0.2) is 30.6 Å². The Bertz CT molecular complexity index is 599. The molecule has 0 aliphatic rings. The number of ether oxygens (including phenoxy) is 1. The van der Waals surface area contributed by atoms with Gasteiger partial charge in [-0.3, -0.25) is 4.98 Å². The molecule has 0 spiro atoms. The zero-order valence-corrected chi connectivity index (χ0v) is 9.98. The molecule has 92 valence electrons. The summed E-state index contributed by atoms with van der Waals surface area (Å²) in [5, 5.41) is 0. The molecular formula is C13H11FN2O2. The van der Waals surface area contributed by atoms with Crippen molar-refractivity contribution in [3.63, 3.8) is 0 Å². The summed E-state index contributed by atoms with van der Waals surface area (Å²) in [4.78, 5) is 19.5. The van der Waals surface area contributed by atoms with Gasteiger partial charge in [-0.05, 0) is 19.1 Å². The molecule has 0 fully saturated rings. The van der Waals surface area contributed by atoms with Crippen molar-refractivity contribution in [2.45, 2.75) is 6.92 Å². The second-order valence-corrected chi connectivity index (χ2v) is 3.73. The molecule has 0 unspecified atom stereocenters. The van der Waals surface area contributed by atoms with Crippen LogP contribution in [0.4, 0.5) is 4.39 Å². The second kappa shape index (κ2) is 4.91. The molecule has 0 radical (unpaired) electrons. The van der Waals surface area contributed by atoms with Crippen molar-refractivity contribution in [1.82, 2.24) is 9.97 Å². The molecule has 0 bridgehead atoms. The number of carbonyl (C=O) groups excluding carboxylic acids is 1. The van der Waals surface area contributed by atoms with E-state index in [1.165, 1.54) is 19.2 Å². The van der Waals surface area contributed by atoms with Crippen molar-refractivity contribution >= 4 is 5.97 Å². The number of aryl methyl sites for hydroxylation is 1. The molecule has 1 aromatic heterocycles. The fourth-order valence-electron chi connectivity index (χ4n) is 1.55. The van der Waals surface area contributed by atoms with Crippen molar-refractivity contribution in [1.29, 1.82) is 0 Å². The van der Waals surface area contributed by atoms with Crippen molar-refractivity contribution in [2.24, 2.45) is 0 Å². The van der Waals surface area contributed by atoms with E-state index in [9.17, 15) is 9.18 Å². The number of halogens is 1. The van der Waals surface area contributed by atoms with Gasteiger partial charge in [0.15, 0.2) is 0 Å². The first-order chi connectivity index (χ1) is 8.61. The molecular weight excluding hydrogens is 235 g/mol. The van der Waals surface area contributed by atoms with E-state index in [1.807, 2.05) is 0 Å². The molecule has 0 amide bonds. The van der Waals surface area contributed by atoms with Gasteiger partial charge in [-0.15, -0.1) is 0 Å². The lowest BCUT2D eigenvalue weighted by molar-refractivity contribution is 0.0595. The lowest BCUT2D eigenvalue weighted by atomic mass is 10.1. The van der Waals surface area contributed by atoms with Crippen LogP contribution < -0.4 is 0 Å². The maximum absolute atomic E-state index is 13.7. The largest absolute Gasteiger partial charge is 0.465 e. The summed E-state index contributed by atoms with van der Waals surface area (Å²) in [6.45, 7) is 1.80. The first-order valence-electron chi connectivity index (χ1n) is 5.28. The number of aromatic nitrogens is 2. The molecule has 2 aromatic rings. The standard InChI is InChI=1S/C13H11FN2O2/c1-8-6-15-7-12(16-8)9-3-4-10(11(14)5-9)13(17)18-2/h3-7H,1-2H3. The third kappa shape index (κ3) is 2.34. The topological polar surface area (TPSA) is 52.1 Å². The third-order valence-electron chi connectivity index (χ3n) is 2.43. The molecule has 0 aliphatic carbocycles. The van der Waals surface area contributed by atoms with E-state index in [2.05, 4.69) is 14.7 Å². The van der Waals surface area contributed by atoms with Gasteiger partial charge in [-0.2, -0.15) is 0 Å². The first-order valence-corrected chi connectivity index (χ1v) is 5.28. The van der Waals surface area contributed by atoms with Crippen molar-refractivity contribution in [3.05, 3.63) is 47.7 Å². The summed E-state index contributed by atoms with van der Waals surface area (Å²) < 4.78 is 18.2. The van der Waals surface area contributed by atoms with Crippen LogP contribution in [0.3, 0.4) is 0 Å². The summed E-state index contributed by atoms with van der Waals surface area (Å²) in [5.41, 5.74) is 1.77. The van der Waals surface area contributed by atoms with Gasteiger partial charge in [0.05, 0.1) is 30.3 Å². The number of hydrogen-bond acceptors (Lipinski definition) is 4. The Hall–Kier alpha value is -2.30. The summed E-state index contributed by atoms with van der Waals surface area (Å²) >= 11 is 0. The summed E-state index contributed by atoms with van der Waals surface area (Å²) in [6, 6.07) is 4.23. The minimum absolute atomic E-state index is 0.0955. The number of esters is 1. The van der Waals surface area contributed by atoms with E-state index < -0.39 is 11.8 Å². The van der Waals surface area contributed by atoms with Gasteiger partial charge >= 0.3 is 5.97 Å². The van der Waals surface area contributed by atoms with E-state index in [0.29, 0.717) is 11.3 Å². The van der Waals surface area contributed by atoms with Crippen LogP contribution in [0.1, 0.15) is 16.1 Å². The van der Waals surface area contributed by atoms with Gasteiger partial charge in [-0.1, -0.05) is 6.07 Å². The third-order valence-corrected chi connectivity index (χ3v) is 2.43. The molecule has 0 N–H and O–H groups in total. The van der Waals surface area contributed by atoms with E-state index in [4.69, 9.17) is 0 Å². The van der Waals surface area contributed by atoms with Crippen LogP contribution >= 0.6 is 0 Å². The normalized spacial score (nSPS) is 10.2. The van der Waals surface area contributed by atoms with Crippen LogP contribution in [0.5, 0.6) is 0 Å². The van der Waals surface area contributed by atoms with Gasteiger partial charge in [-0.25, -0.2) is 14.2 Å². The molecule has 2 rings (SSSR count). The Morgan fingerprint density at radius 1 is 1.33 bits per heavy atom. The average molecular weight is 246 g/mol. The Labute approximate surface area is 103 Å². The number of nitrogens with zero attached hydrogens (tertiary/aromatic N) is 2. The lowest BCUT2D eigenvalue weighted by Gasteiger charge is -2.04.